The Hall–Kier alpha value is -2.27. The van der Waals surface area contributed by atoms with E-state index in [0.717, 1.165) is 5.56 Å². The highest BCUT2D eigenvalue weighted by Gasteiger charge is 2.13. The van der Waals surface area contributed by atoms with Crippen molar-refractivity contribution in [2.75, 3.05) is 11.1 Å². The fourth-order valence-corrected chi connectivity index (χ4v) is 1.76. The summed E-state index contributed by atoms with van der Waals surface area (Å²) in [6.07, 6.45) is 1.44. The number of anilines is 2. The predicted molar refractivity (Wildman–Crippen MR) is 74.5 cm³/mol. The normalized spacial score (nSPS) is 10.2. The van der Waals surface area contributed by atoms with Gasteiger partial charge in [0.1, 0.15) is 11.6 Å². The van der Waals surface area contributed by atoms with E-state index in [2.05, 4.69) is 10.3 Å². The smallest absolute Gasteiger partial charge is 0.260 e. The maximum Gasteiger partial charge on any atom is 0.260 e. The third-order valence-corrected chi connectivity index (χ3v) is 2.77. The summed E-state index contributed by atoms with van der Waals surface area (Å²) >= 11 is 5.79. The number of pyridine rings is 1. The van der Waals surface area contributed by atoms with Crippen LogP contribution in [0.25, 0.3) is 0 Å². The number of aromatic hydroxyl groups is 1. The second kappa shape index (κ2) is 5.16. The molecule has 1 amide bonds. The van der Waals surface area contributed by atoms with Gasteiger partial charge >= 0.3 is 0 Å². The number of phenols is 1. The first-order valence-corrected chi connectivity index (χ1v) is 5.87. The number of phenolic OH excluding ortho intramolecular Hbond substituents is 1. The van der Waals surface area contributed by atoms with E-state index in [9.17, 15) is 9.90 Å². The van der Waals surface area contributed by atoms with Crippen molar-refractivity contribution < 1.29 is 9.90 Å². The Morgan fingerprint density at radius 2 is 2.16 bits per heavy atom. The standard InChI is InChI=1S/C13H12ClN3O2/c1-7-4-9(15)6-16-12(7)17-13(19)10-5-8(14)2-3-11(10)18/h2-6,18H,15H2,1H3,(H,16,17,19). The summed E-state index contributed by atoms with van der Waals surface area (Å²) in [6.45, 7) is 1.77. The van der Waals surface area contributed by atoms with Crippen LogP contribution in [0.5, 0.6) is 5.75 Å². The minimum atomic E-state index is -0.486. The van der Waals surface area contributed by atoms with E-state index in [0.29, 0.717) is 16.5 Å². The fraction of sp³-hybridized carbons (Fsp3) is 0.0769. The highest BCUT2D eigenvalue weighted by atomic mass is 35.5. The molecule has 4 N–H and O–H groups in total. The molecule has 0 saturated carbocycles. The van der Waals surface area contributed by atoms with Crippen molar-refractivity contribution in [3.05, 3.63) is 46.6 Å². The first-order valence-electron chi connectivity index (χ1n) is 5.49. The number of nitrogens with zero attached hydrogens (tertiary/aromatic N) is 1. The molecule has 1 aromatic carbocycles. The van der Waals surface area contributed by atoms with Gasteiger partial charge in [-0.15, -0.1) is 0 Å². The van der Waals surface area contributed by atoms with Crippen LogP contribution in [-0.2, 0) is 0 Å². The van der Waals surface area contributed by atoms with Crippen LogP contribution in [0.3, 0.4) is 0 Å². The monoisotopic (exact) mass is 277 g/mol. The Balaban J connectivity index is 2.28. The average molecular weight is 278 g/mol. The molecular weight excluding hydrogens is 266 g/mol. The van der Waals surface area contributed by atoms with Crippen LogP contribution in [0.1, 0.15) is 15.9 Å². The van der Waals surface area contributed by atoms with Crippen LogP contribution in [0.4, 0.5) is 11.5 Å². The van der Waals surface area contributed by atoms with Gasteiger partial charge in [0, 0.05) is 5.02 Å². The number of nitrogen functional groups attached to an aromatic ring is 1. The second-order valence-corrected chi connectivity index (χ2v) is 4.49. The third kappa shape index (κ3) is 2.95. The largest absolute Gasteiger partial charge is 0.507 e. The molecule has 0 aliphatic carbocycles. The summed E-state index contributed by atoms with van der Waals surface area (Å²) in [7, 11) is 0. The zero-order chi connectivity index (χ0) is 14.0. The van der Waals surface area contributed by atoms with E-state index in [4.69, 9.17) is 17.3 Å². The summed E-state index contributed by atoms with van der Waals surface area (Å²) in [5.74, 6) is -0.242. The van der Waals surface area contributed by atoms with Gasteiger partial charge in [0.25, 0.3) is 5.91 Å². The zero-order valence-corrected chi connectivity index (χ0v) is 10.9. The van der Waals surface area contributed by atoms with Crippen LogP contribution < -0.4 is 11.1 Å². The number of benzene rings is 1. The fourth-order valence-electron chi connectivity index (χ4n) is 1.59. The molecule has 0 aliphatic rings. The topological polar surface area (TPSA) is 88.2 Å². The first kappa shape index (κ1) is 13.2. The molecule has 0 unspecified atom stereocenters. The van der Waals surface area contributed by atoms with Crippen molar-refractivity contribution in [1.29, 1.82) is 0 Å². The molecule has 0 bridgehead atoms. The maximum atomic E-state index is 12.0. The lowest BCUT2D eigenvalue weighted by atomic mass is 10.2. The number of carbonyl (C=O) groups is 1. The Morgan fingerprint density at radius 1 is 1.42 bits per heavy atom. The molecule has 1 aromatic heterocycles. The predicted octanol–water partition coefficient (Wildman–Crippen LogP) is 2.58. The number of hydrogen-bond donors (Lipinski definition) is 3. The number of hydrogen-bond acceptors (Lipinski definition) is 4. The summed E-state index contributed by atoms with van der Waals surface area (Å²) < 4.78 is 0. The molecule has 2 rings (SSSR count). The third-order valence-electron chi connectivity index (χ3n) is 2.53. The molecule has 19 heavy (non-hydrogen) atoms. The lowest BCUT2D eigenvalue weighted by Gasteiger charge is -2.09. The van der Waals surface area contributed by atoms with E-state index >= 15 is 0 Å². The molecule has 0 fully saturated rings. The minimum Gasteiger partial charge on any atom is -0.507 e. The molecule has 0 spiro atoms. The van der Waals surface area contributed by atoms with Gasteiger partial charge in [-0.25, -0.2) is 4.98 Å². The van der Waals surface area contributed by atoms with Crippen LogP contribution in [0, 0.1) is 6.92 Å². The number of nitrogens with two attached hydrogens (primary N) is 1. The molecule has 0 aliphatic heterocycles. The molecule has 6 heteroatoms. The van der Waals surface area contributed by atoms with Crippen molar-refractivity contribution >= 4 is 29.0 Å². The molecule has 2 aromatic rings. The lowest BCUT2D eigenvalue weighted by Crippen LogP contribution is -2.14. The van der Waals surface area contributed by atoms with Gasteiger partial charge in [0.05, 0.1) is 17.4 Å². The van der Waals surface area contributed by atoms with Gasteiger partial charge in [-0.3, -0.25) is 4.79 Å². The Morgan fingerprint density at radius 3 is 2.84 bits per heavy atom. The highest BCUT2D eigenvalue weighted by molar-refractivity contribution is 6.31. The summed E-state index contributed by atoms with van der Waals surface area (Å²) in [4.78, 5) is 16.0. The van der Waals surface area contributed by atoms with Gasteiger partial charge in [-0.1, -0.05) is 11.6 Å². The van der Waals surface area contributed by atoms with Gasteiger partial charge in [0.15, 0.2) is 0 Å². The van der Waals surface area contributed by atoms with E-state index in [-0.39, 0.29) is 11.3 Å². The van der Waals surface area contributed by atoms with Crippen molar-refractivity contribution in [1.82, 2.24) is 4.98 Å². The van der Waals surface area contributed by atoms with E-state index in [1.165, 1.54) is 24.4 Å². The number of halogens is 1. The number of nitrogens with one attached hydrogen (secondary N) is 1. The second-order valence-electron chi connectivity index (χ2n) is 4.05. The number of aromatic nitrogens is 1. The zero-order valence-electron chi connectivity index (χ0n) is 10.1. The minimum absolute atomic E-state index is 0.0884. The number of aryl methyl sites for hydroxylation is 1. The van der Waals surface area contributed by atoms with Crippen LogP contribution in [0.2, 0.25) is 5.02 Å². The molecular formula is C13H12ClN3O2. The van der Waals surface area contributed by atoms with Gasteiger partial charge in [0.2, 0.25) is 0 Å². The average Bonchev–Trinajstić information content (AvgIpc) is 2.35. The number of rotatable bonds is 2. The molecule has 0 saturated heterocycles. The maximum absolute atomic E-state index is 12.0. The SMILES string of the molecule is Cc1cc(N)cnc1NC(=O)c1cc(Cl)ccc1O. The van der Waals surface area contributed by atoms with Gasteiger partial charge in [-0.2, -0.15) is 0 Å². The number of carbonyl (C=O) groups excluding carboxylic acids is 1. The van der Waals surface area contributed by atoms with Crippen molar-refractivity contribution in [2.24, 2.45) is 0 Å². The van der Waals surface area contributed by atoms with E-state index < -0.39 is 5.91 Å². The van der Waals surface area contributed by atoms with Crippen LogP contribution >= 0.6 is 11.6 Å². The molecule has 0 atom stereocenters. The quantitative estimate of drug-likeness (QED) is 0.787. The first-order chi connectivity index (χ1) is 8.97. The van der Waals surface area contributed by atoms with E-state index in [1.54, 1.807) is 13.0 Å². The summed E-state index contributed by atoms with van der Waals surface area (Å²) in [5, 5.41) is 12.6. The Labute approximate surface area is 115 Å². The molecule has 0 radical (unpaired) electrons. The van der Waals surface area contributed by atoms with Crippen molar-refractivity contribution in [2.45, 2.75) is 6.92 Å². The van der Waals surface area contributed by atoms with Gasteiger partial charge < -0.3 is 16.2 Å². The van der Waals surface area contributed by atoms with Crippen LogP contribution in [-0.4, -0.2) is 16.0 Å². The molecule has 5 nitrogen and oxygen atoms in total. The van der Waals surface area contributed by atoms with E-state index in [1.807, 2.05) is 0 Å². The lowest BCUT2D eigenvalue weighted by molar-refractivity contribution is 0.102. The number of amides is 1. The van der Waals surface area contributed by atoms with Crippen molar-refractivity contribution in [3.63, 3.8) is 0 Å². The van der Waals surface area contributed by atoms with Crippen molar-refractivity contribution in [3.8, 4) is 5.75 Å². The Kier molecular flexibility index (Phi) is 3.57. The Bertz CT molecular complexity index is 644. The van der Waals surface area contributed by atoms with Crippen LogP contribution in [0.15, 0.2) is 30.5 Å². The highest BCUT2D eigenvalue weighted by Crippen LogP contribution is 2.23. The summed E-state index contributed by atoms with van der Waals surface area (Å²) in [5.41, 5.74) is 6.92. The molecule has 1 heterocycles. The summed E-state index contributed by atoms with van der Waals surface area (Å²) in [6, 6.07) is 5.94. The van der Waals surface area contributed by atoms with Gasteiger partial charge in [-0.05, 0) is 36.8 Å². The molecule has 98 valence electrons.